The van der Waals surface area contributed by atoms with Crippen molar-refractivity contribution in [3.63, 3.8) is 0 Å². The summed E-state index contributed by atoms with van der Waals surface area (Å²) in [6.45, 7) is 4.65. The molecular weight excluding hydrogens is 262 g/mol. The molecule has 0 aromatic heterocycles. The second-order valence-electron chi connectivity index (χ2n) is 6.88. The first-order valence-corrected chi connectivity index (χ1v) is 7.72. The van der Waals surface area contributed by atoms with E-state index < -0.39 is 0 Å². The first kappa shape index (κ1) is 16.0. The first-order chi connectivity index (χ1) is 9.94. The molecule has 2 rings (SSSR count). The van der Waals surface area contributed by atoms with Gasteiger partial charge in [-0.05, 0) is 43.7 Å². The molecular formula is C17H27N3O. The number of nitrogens with zero attached hydrogens (tertiary/aromatic N) is 1. The molecule has 1 aliphatic rings. The lowest BCUT2D eigenvalue weighted by Crippen LogP contribution is -2.47. The topological polar surface area (TPSA) is 58.4 Å². The Kier molecular flexibility index (Phi) is 5.01. The van der Waals surface area contributed by atoms with Crippen molar-refractivity contribution in [2.75, 3.05) is 7.05 Å². The fourth-order valence-corrected chi connectivity index (χ4v) is 3.29. The van der Waals surface area contributed by atoms with Gasteiger partial charge in [-0.3, -0.25) is 15.1 Å². The van der Waals surface area contributed by atoms with Crippen LogP contribution in [0.1, 0.15) is 51.1 Å². The molecule has 4 heteroatoms. The molecule has 1 aromatic rings. The van der Waals surface area contributed by atoms with E-state index in [0.29, 0.717) is 11.5 Å². The van der Waals surface area contributed by atoms with Crippen LogP contribution in [-0.4, -0.2) is 23.9 Å². The third kappa shape index (κ3) is 3.83. The lowest BCUT2D eigenvalue weighted by Gasteiger charge is -2.41. The van der Waals surface area contributed by atoms with Crippen molar-refractivity contribution in [2.45, 2.75) is 51.6 Å². The van der Waals surface area contributed by atoms with Crippen LogP contribution in [0.4, 0.5) is 0 Å². The quantitative estimate of drug-likeness (QED) is 0.509. The third-order valence-electron chi connectivity index (χ3n) is 4.80. The van der Waals surface area contributed by atoms with Crippen molar-refractivity contribution in [1.29, 1.82) is 0 Å². The monoisotopic (exact) mass is 289 g/mol. The third-order valence-corrected chi connectivity index (χ3v) is 4.80. The number of rotatable bonds is 4. The van der Waals surface area contributed by atoms with Crippen LogP contribution in [0.15, 0.2) is 30.3 Å². The first-order valence-electron chi connectivity index (χ1n) is 7.72. The summed E-state index contributed by atoms with van der Waals surface area (Å²) in [7, 11) is 2.04. The van der Waals surface area contributed by atoms with Crippen molar-refractivity contribution in [3.8, 4) is 0 Å². The molecule has 1 aromatic carbocycles. The maximum atomic E-state index is 12.2. The Morgan fingerprint density at radius 1 is 1.29 bits per heavy atom. The number of nitrogens with one attached hydrogen (secondary N) is 1. The SMILES string of the molecule is CN(C1CCC(C)(C)CC1)C(C(=O)NN)c1ccccc1. The van der Waals surface area contributed by atoms with Crippen molar-refractivity contribution < 1.29 is 4.79 Å². The minimum absolute atomic E-state index is 0.145. The molecule has 0 saturated heterocycles. The molecule has 0 spiro atoms. The van der Waals surface area contributed by atoms with E-state index in [1.54, 1.807) is 0 Å². The molecule has 1 aliphatic carbocycles. The van der Waals surface area contributed by atoms with Crippen LogP contribution in [0.2, 0.25) is 0 Å². The van der Waals surface area contributed by atoms with Gasteiger partial charge in [-0.2, -0.15) is 0 Å². The number of hydrazine groups is 1. The number of carbonyl (C=O) groups excluding carboxylic acids is 1. The Morgan fingerprint density at radius 2 is 1.86 bits per heavy atom. The summed E-state index contributed by atoms with van der Waals surface area (Å²) in [6.07, 6.45) is 4.66. The fraction of sp³-hybridized carbons (Fsp3) is 0.588. The number of hydrogen-bond acceptors (Lipinski definition) is 3. The Bertz CT molecular complexity index is 462. The highest BCUT2D eigenvalue weighted by Crippen LogP contribution is 2.38. The molecule has 116 valence electrons. The van der Waals surface area contributed by atoms with Gasteiger partial charge >= 0.3 is 0 Å². The molecule has 1 atom stereocenters. The van der Waals surface area contributed by atoms with Gasteiger partial charge in [-0.1, -0.05) is 44.2 Å². The largest absolute Gasteiger partial charge is 0.293 e. The number of carbonyl (C=O) groups is 1. The number of benzene rings is 1. The van der Waals surface area contributed by atoms with Crippen LogP contribution in [-0.2, 0) is 4.79 Å². The van der Waals surface area contributed by atoms with Gasteiger partial charge < -0.3 is 0 Å². The zero-order valence-corrected chi connectivity index (χ0v) is 13.3. The van der Waals surface area contributed by atoms with Crippen LogP contribution in [0.25, 0.3) is 0 Å². The van der Waals surface area contributed by atoms with Crippen molar-refractivity contribution in [3.05, 3.63) is 35.9 Å². The molecule has 1 unspecified atom stereocenters. The summed E-state index contributed by atoms with van der Waals surface area (Å²) in [5.41, 5.74) is 3.74. The summed E-state index contributed by atoms with van der Waals surface area (Å²) >= 11 is 0. The van der Waals surface area contributed by atoms with E-state index in [1.165, 1.54) is 12.8 Å². The molecule has 1 saturated carbocycles. The highest BCUT2D eigenvalue weighted by atomic mass is 16.2. The summed E-state index contributed by atoms with van der Waals surface area (Å²) in [5.74, 6) is 5.25. The Labute approximate surface area is 127 Å². The van der Waals surface area contributed by atoms with Gasteiger partial charge in [-0.25, -0.2) is 5.84 Å². The van der Waals surface area contributed by atoms with Crippen LogP contribution >= 0.6 is 0 Å². The van der Waals surface area contributed by atoms with E-state index in [9.17, 15) is 4.79 Å². The second-order valence-corrected chi connectivity index (χ2v) is 6.88. The molecule has 4 nitrogen and oxygen atoms in total. The molecule has 1 fully saturated rings. The average molecular weight is 289 g/mol. The molecule has 3 N–H and O–H groups in total. The molecule has 0 bridgehead atoms. The summed E-state index contributed by atoms with van der Waals surface area (Å²) in [6, 6.07) is 9.98. The predicted molar refractivity (Wildman–Crippen MR) is 85.3 cm³/mol. The zero-order chi connectivity index (χ0) is 15.5. The minimum Gasteiger partial charge on any atom is -0.293 e. The molecule has 21 heavy (non-hydrogen) atoms. The van der Waals surface area contributed by atoms with Gasteiger partial charge in [0.2, 0.25) is 0 Å². The summed E-state index contributed by atoms with van der Waals surface area (Å²) in [5, 5.41) is 0. The molecule has 0 heterocycles. The summed E-state index contributed by atoms with van der Waals surface area (Å²) in [4.78, 5) is 14.4. The zero-order valence-electron chi connectivity index (χ0n) is 13.3. The molecule has 0 radical (unpaired) electrons. The maximum absolute atomic E-state index is 12.2. The van der Waals surface area contributed by atoms with E-state index in [0.717, 1.165) is 18.4 Å². The fourth-order valence-electron chi connectivity index (χ4n) is 3.29. The number of amides is 1. The lowest BCUT2D eigenvalue weighted by atomic mass is 9.75. The van der Waals surface area contributed by atoms with Gasteiger partial charge in [0.25, 0.3) is 5.91 Å². The van der Waals surface area contributed by atoms with Gasteiger partial charge in [0.05, 0.1) is 0 Å². The standard InChI is InChI=1S/C17H27N3O/c1-17(2)11-9-14(10-12-17)20(3)15(16(21)19-18)13-7-5-4-6-8-13/h4-8,14-15H,9-12,18H2,1-3H3,(H,19,21). The van der Waals surface area contributed by atoms with Crippen molar-refractivity contribution >= 4 is 5.91 Å². The number of likely N-dealkylation sites (N-methyl/N-ethyl adjacent to an activating group) is 1. The summed E-state index contributed by atoms with van der Waals surface area (Å²) < 4.78 is 0. The van der Waals surface area contributed by atoms with E-state index in [1.807, 2.05) is 37.4 Å². The normalized spacial score (nSPS) is 20.2. The van der Waals surface area contributed by atoms with Gasteiger partial charge in [-0.15, -0.1) is 0 Å². The average Bonchev–Trinajstić information content (AvgIpc) is 2.48. The Hall–Kier alpha value is -1.39. The van der Waals surface area contributed by atoms with Crippen molar-refractivity contribution in [2.24, 2.45) is 11.3 Å². The lowest BCUT2D eigenvalue weighted by molar-refractivity contribution is -0.127. The highest BCUT2D eigenvalue weighted by Gasteiger charge is 2.34. The van der Waals surface area contributed by atoms with Crippen molar-refractivity contribution in [1.82, 2.24) is 10.3 Å². The van der Waals surface area contributed by atoms with Crippen LogP contribution < -0.4 is 11.3 Å². The van der Waals surface area contributed by atoms with E-state index in [-0.39, 0.29) is 11.9 Å². The van der Waals surface area contributed by atoms with E-state index in [4.69, 9.17) is 5.84 Å². The van der Waals surface area contributed by atoms with Gasteiger partial charge in [0.15, 0.2) is 0 Å². The van der Waals surface area contributed by atoms with Crippen LogP contribution in [0.5, 0.6) is 0 Å². The van der Waals surface area contributed by atoms with E-state index in [2.05, 4.69) is 24.2 Å². The smallest absolute Gasteiger partial charge is 0.255 e. The minimum atomic E-state index is -0.317. The van der Waals surface area contributed by atoms with Gasteiger partial charge in [0, 0.05) is 6.04 Å². The molecule has 1 amide bonds. The van der Waals surface area contributed by atoms with E-state index >= 15 is 0 Å². The Balaban J connectivity index is 2.16. The maximum Gasteiger partial charge on any atom is 0.255 e. The second kappa shape index (κ2) is 6.58. The highest BCUT2D eigenvalue weighted by molar-refractivity contribution is 5.82. The predicted octanol–water partition coefficient (Wildman–Crippen LogP) is 2.62. The Morgan fingerprint density at radius 3 is 2.38 bits per heavy atom. The number of hydrogen-bond donors (Lipinski definition) is 2. The number of nitrogens with two attached hydrogens (primary N) is 1. The molecule has 0 aliphatic heterocycles. The van der Waals surface area contributed by atoms with Gasteiger partial charge in [0.1, 0.15) is 6.04 Å². The van der Waals surface area contributed by atoms with Crippen LogP contribution in [0, 0.1) is 5.41 Å². The van der Waals surface area contributed by atoms with Crippen LogP contribution in [0.3, 0.4) is 0 Å².